The molecular weight excluding hydrogens is 254 g/mol. The van der Waals surface area contributed by atoms with E-state index < -0.39 is 6.16 Å². The number of nitrogens with zero attached hydrogens (tertiary/aromatic N) is 1. The lowest BCUT2D eigenvalue weighted by atomic mass is 10.2. The first kappa shape index (κ1) is 16.2. The van der Waals surface area contributed by atoms with Crippen LogP contribution in [-0.4, -0.2) is 34.9 Å². The molecule has 0 spiro atoms. The van der Waals surface area contributed by atoms with Crippen molar-refractivity contribution in [2.75, 3.05) is 6.61 Å². The zero-order chi connectivity index (χ0) is 14.8. The Labute approximate surface area is 109 Å². The van der Waals surface area contributed by atoms with Crippen molar-refractivity contribution in [1.29, 1.82) is 0 Å². The van der Waals surface area contributed by atoms with Gasteiger partial charge in [-0.1, -0.05) is 0 Å². The Morgan fingerprint density at radius 1 is 1.21 bits per heavy atom. The fraction of sp³-hybridized carbons (Fsp3) is 0.182. The summed E-state index contributed by atoms with van der Waals surface area (Å²) in [5.74, 6) is -0.368. The molecule has 0 unspecified atom stereocenters. The van der Waals surface area contributed by atoms with E-state index in [4.69, 9.17) is 31.2 Å². The summed E-state index contributed by atoms with van der Waals surface area (Å²) in [5.41, 5.74) is 11.5. The Morgan fingerprint density at radius 2 is 1.68 bits per heavy atom. The first-order chi connectivity index (χ1) is 8.86. The van der Waals surface area contributed by atoms with Crippen molar-refractivity contribution in [2.45, 2.75) is 6.92 Å². The van der Waals surface area contributed by atoms with E-state index in [2.05, 4.69) is 4.99 Å². The maximum atomic E-state index is 11.3. The number of benzene rings is 1. The molecule has 0 saturated heterocycles. The van der Waals surface area contributed by atoms with E-state index in [1.807, 2.05) is 0 Å². The number of carbonyl (C=O) groups is 2. The van der Waals surface area contributed by atoms with Gasteiger partial charge >= 0.3 is 12.1 Å². The molecule has 1 aromatic rings. The van der Waals surface area contributed by atoms with Gasteiger partial charge in [0.25, 0.3) is 0 Å². The Hall–Kier alpha value is -2.77. The van der Waals surface area contributed by atoms with Gasteiger partial charge in [-0.3, -0.25) is 0 Å². The number of hydrogen-bond donors (Lipinski definition) is 4. The van der Waals surface area contributed by atoms with Crippen LogP contribution in [-0.2, 0) is 4.74 Å². The molecule has 0 aliphatic carbocycles. The molecule has 0 fully saturated rings. The van der Waals surface area contributed by atoms with Crippen LogP contribution in [0.4, 0.5) is 10.5 Å². The maximum Gasteiger partial charge on any atom is 0.503 e. The van der Waals surface area contributed by atoms with Crippen molar-refractivity contribution in [3.05, 3.63) is 29.8 Å². The third kappa shape index (κ3) is 8.02. The van der Waals surface area contributed by atoms with Gasteiger partial charge in [0.15, 0.2) is 5.96 Å². The highest BCUT2D eigenvalue weighted by molar-refractivity contribution is 5.90. The van der Waals surface area contributed by atoms with E-state index in [1.165, 1.54) is 0 Å². The summed E-state index contributed by atoms with van der Waals surface area (Å²) in [4.78, 5) is 23.7. The molecule has 0 radical (unpaired) electrons. The molecule has 8 nitrogen and oxygen atoms in total. The van der Waals surface area contributed by atoms with Crippen LogP contribution in [0.1, 0.15) is 17.3 Å². The van der Waals surface area contributed by atoms with E-state index in [0.717, 1.165) is 0 Å². The molecule has 0 aliphatic heterocycles. The zero-order valence-electron chi connectivity index (χ0n) is 10.2. The zero-order valence-corrected chi connectivity index (χ0v) is 10.2. The number of aliphatic imine (C=N–C) groups is 1. The number of rotatable bonds is 3. The van der Waals surface area contributed by atoms with Crippen molar-refractivity contribution in [2.24, 2.45) is 16.5 Å². The average Bonchev–Trinajstić information content (AvgIpc) is 2.28. The van der Waals surface area contributed by atoms with Crippen molar-refractivity contribution < 1.29 is 24.5 Å². The second-order valence-electron chi connectivity index (χ2n) is 3.09. The third-order valence-corrected chi connectivity index (χ3v) is 1.64. The SMILES string of the molecule is CCOC(=O)c1ccc(N=C(N)N)cc1.O=C(O)O. The minimum atomic E-state index is -1.83. The summed E-state index contributed by atoms with van der Waals surface area (Å²) in [6.07, 6.45) is -1.83. The molecule has 0 aliphatic rings. The van der Waals surface area contributed by atoms with Crippen LogP contribution in [0.15, 0.2) is 29.3 Å². The number of carboxylic acid groups (broad SMARTS) is 2. The van der Waals surface area contributed by atoms with Crippen LogP contribution in [0.2, 0.25) is 0 Å². The summed E-state index contributed by atoms with van der Waals surface area (Å²) in [7, 11) is 0. The van der Waals surface area contributed by atoms with Gasteiger partial charge < -0.3 is 26.4 Å². The van der Waals surface area contributed by atoms with Crippen LogP contribution in [0.3, 0.4) is 0 Å². The van der Waals surface area contributed by atoms with Gasteiger partial charge in [-0.15, -0.1) is 0 Å². The average molecular weight is 269 g/mol. The number of nitrogens with two attached hydrogens (primary N) is 2. The Bertz CT molecular complexity index is 448. The summed E-state index contributed by atoms with van der Waals surface area (Å²) < 4.78 is 4.82. The monoisotopic (exact) mass is 269 g/mol. The lowest BCUT2D eigenvalue weighted by Crippen LogP contribution is -2.21. The minimum Gasteiger partial charge on any atom is -0.462 e. The normalized spacial score (nSPS) is 8.68. The van der Waals surface area contributed by atoms with E-state index in [0.29, 0.717) is 17.9 Å². The summed E-state index contributed by atoms with van der Waals surface area (Å²) in [6.45, 7) is 2.11. The number of carbonyl (C=O) groups excluding carboxylic acids is 1. The Kier molecular flexibility index (Phi) is 7.12. The predicted molar refractivity (Wildman–Crippen MR) is 68.5 cm³/mol. The smallest absolute Gasteiger partial charge is 0.462 e. The van der Waals surface area contributed by atoms with Crippen molar-refractivity contribution in [3.63, 3.8) is 0 Å². The predicted octanol–water partition coefficient (Wildman–Crippen LogP) is 0.991. The molecule has 19 heavy (non-hydrogen) atoms. The van der Waals surface area contributed by atoms with Gasteiger partial charge in [-0.2, -0.15) is 0 Å². The first-order valence-corrected chi connectivity index (χ1v) is 5.15. The number of esters is 1. The molecule has 0 saturated carbocycles. The van der Waals surface area contributed by atoms with Gasteiger partial charge in [0.1, 0.15) is 0 Å². The largest absolute Gasteiger partial charge is 0.503 e. The number of hydrogen-bond acceptors (Lipinski definition) is 4. The molecule has 1 aromatic carbocycles. The van der Waals surface area contributed by atoms with Gasteiger partial charge in [0, 0.05) is 0 Å². The molecule has 0 aromatic heterocycles. The molecule has 0 amide bonds. The Morgan fingerprint density at radius 3 is 2.05 bits per heavy atom. The van der Waals surface area contributed by atoms with Crippen LogP contribution in [0, 0.1) is 0 Å². The fourth-order valence-electron chi connectivity index (χ4n) is 1.04. The summed E-state index contributed by atoms with van der Waals surface area (Å²) in [5, 5.41) is 13.9. The maximum absolute atomic E-state index is 11.3. The van der Waals surface area contributed by atoms with Crippen molar-refractivity contribution in [1.82, 2.24) is 0 Å². The van der Waals surface area contributed by atoms with Crippen molar-refractivity contribution in [3.8, 4) is 0 Å². The van der Waals surface area contributed by atoms with E-state index in [-0.39, 0.29) is 11.9 Å². The molecule has 6 N–H and O–H groups in total. The van der Waals surface area contributed by atoms with Crippen LogP contribution in [0.5, 0.6) is 0 Å². The number of ether oxygens (including phenoxy) is 1. The lowest BCUT2D eigenvalue weighted by molar-refractivity contribution is 0.0526. The minimum absolute atomic E-state index is 0.0149. The fourth-order valence-corrected chi connectivity index (χ4v) is 1.04. The standard InChI is InChI=1S/C10H13N3O2.CH2O3/c1-2-15-9(14)7-3-5-8(6-4-7)13-10(11)12;2-1(3)4/h3-6H,2H2,1H3,(H4,11,12,13);(H2,2,3,4). The number of guanidine groups is 1. The highest BCUT2D eigenvalue weighted by atomic mass is 16.6. The Balaban J connectivity index is 0.000000711. The van der Waals surface area contributed by atoms with Gasteiger partial charge in [-0.25, -0.2) is 14.6 Å². The molecule has 0 bridgehead atoms. The molecule has 0 heterocycles. The first-order valence-electron chi connectivity index (χ1n) is 5.15. The molecular formula is C11H15N3O5. The van der Waals surface area contributed by atoms with E-state index in [1.54, 1.807) is 31.2 Å². The van der Waals surface area contributed by atoms with Crippen LogP contribution >= 0.6 is 0 Å². The van der Waals surface area contributed by atoms with Gasteiger partial charge in [-0.05, 0) is 31.2 Å². The molecule has 104 valence electrons. The topological polar surface area (TPSA) is 148 Å². The molecule has 0 atom stereocenters. The van der Waals surface area contributed by atoms with Crippen molar-refractivity contribution >= 4 is 23.8 Å². The van der Waals surface area contributed by atoms with E-state index >= 15 is 0 Å². The molecule has 1 rings (SSSR count). The third-order valence-electron chi connectivity index (χ3n) is 1.64. The summed E-state index contributed by atoms with van der Waals surface area (Å²) >= 11 is 0. The second kappa shape index (κ2) is 8.34. The summed E-state index contributed by atoms with van der Waals surface area (Å²) in [6, 6.07) is 6.51. The van der Waals surface area contributed by atoms with Crippen LogP contribution in [0.25, 0.3) is 0 Å². The van der Waals surface area contributed by atoms with Crippen LogP contribution < -0.4 is 11.5 Å². The van der Waals surface area contributed by atoms with Gasteiger partial charge in [0.2, 0.25) is 0 Å². The highest BCUT2D eigenvalue weighted by Crippen LogP contribution is 2.13. The quantitative estimate of drug-likeness (QED) is 0.363. The molecule has 8 heteroatoms. The lowest BCUT2D eigenvalue weighted by Gasteiger charge is -2.01. The highest BCUT2D eigenvalue weighted by Gasteiger charge is 2.04. The second-order valence-corrected chi connectivity index (χ2v) is 3.09. The van der Waals surface area contributed by atoms with E-state index in [9.17, 15) is 4.79 Å². The van der Waals surface area contributed by atoms with Gasteiger partial charge in [0.05, 0.1) is 17.9 Å².